The van der Waals surface area contributed by atoms with Crippen LogP contribution in [0.1, 0.15) is 31.2 Å². The molecule has 1 amide bonds. The first-order chi connectivity index (χ1) is 14.2. The van der Waals surface area contributed by atoms with E-state index in [-0.39, 0.29) is 11.9 Å². The predicted molar refractivity (Wildman–Crippen MR) is 112 cm³/mol. The summed E-state index contributed by atoms with van der Waals surface area (Å²) in [5.41, 5.74) is 0.993. The van der Waals surface area contributed by atoms with E-state index in [1.807, 2.05) is 36.5 Å². The summed E-state index contributed by atoms with van der Waals surface area (Å²) < 4.78 is 1.78. The third kappa shape index (κ3) is 4.92. The van der Waals surface area contributed by atoms with Gasteiger partial charge in [-0.2, -0.15) is 4.98 Å². The van der Waals surface area contributed by atoms with Crippen LogP contribution in [-0.4, -0.2) is 38.0 Å². The Morgan fingerprint density at radius 2 is 2.17 bits per heavy atom. The molecular formula is C21H23ClN6O. The van der Waals surface area contributed by atoms with E-state index in [4.69, 9.17) is 16.6 Å². The monoisotopic (exact) mass is 410 g/mol. The molecule has 2 aromatic heterocycles. The zero-order valence-corrected chi connectivity index (χ0v) is 16.8. The lowest BCUT2D eigenvalue weighted by molar-refractivity contribution is -0.121. The molecule has 0 radical (unpaired) electrons. The molecule has 1 aliphatic heterocycles. The molecule has 1 unspecified atom stereocenters. The van der Waals surface area contributed by atoms with Crippen LogP contribution in [0.5, 0.6) is 0 Å². The van der Waals surface area contributed by atoms with Crippen LogP contribution in [0.2, 0.25) is 5.02 Å². The van der Waals surface area contributed by atoms with Gasteiger partial charge in [0.2, 0.25) is 11.9 Å². The van der Waals surface area contributed by atoms with Crippen molar-refractivity contribution in [1.82, 2.24) is 24.8 Å². The number of imidazole rings is 1. The van der Waals surface area contributed by atoms with Crippen LogP contribution in [0.3, 0.4) is 0 Å². The highest BCUT2D eigenvalue weighted by Crippen LogP contribution is 2.25. The van der Waals surface area contributed by atoms with Crippen molar-refractivity contribution >= 4 is 23.3 Å². The first-order valence-electron chi connectivity index (χ1n) is 9.78. The molecule has 0 spiro atoms. The van der Waals surface area contributed by atoms with Crippen LogP contribution in [0.15, 0.2) is 55.2 Å². The van der Waals surface area contributed by atoms with Gasteiger partial charge < -0.3 is 10.2 Å². The second-order valence-corrected chi connectivity index (χ2v) is 7.58. The van der Waals surface area contributed by atoms with Gasteiger partial charge in [0, 0.05) is 49.2 Å². The summed E-state index contributed by atoms with van der Waals surface area (Å²) in [7, 11) is 0. The summed E-state index contributed by atoms with van der Waals surface area (Å²) in [6, 6.07) is 9.56. The first-order valence-corrected chi connectivity index (χ1v) is 10.2. The summed E-state index contributed by atoms with van der Waals surface area (Å²) >= 11 is 6.02. The van der Waals surface area contributed by atoms with E-state index in [9.17, 15) is 4.79 Å². The van der Waals surface area contributed by atoms with Crippen molar-refractivity contribution in [3.63, 3.8) is 0 Å². The molecule has 29 heavy (non-hydrogen) atoms. The molecule has 3 aromatic rings. The molecule has 1 N–H and O–H groups in total. The van der Waals surface area contributed by atoms with Crippen LogP contribution in [0.4, 0.5) is 5.82 Å². The molecular weight excluding hydrogens is 388 g/mol. The molecule has 7 nitrogen and oxygen atoms in total. The van der Waals surface area contributed by atoms with Gasteiger partial charge in [0.05, 0.1) is 0 Å². The topological polar surface area (TPSA) is 75.9 Å². The number of halogens is 1. The third-order valence-electron chi connectivity index (χ3n) is 5.08. The van der Waals surface area contributed by atoms with Gasteiger partial charge in [-0.3, -0.25) is 9.36 Å². The Hall–Kier alpha value is -2.93. The van der Waals surface area contributed by atoms with Crippen molar-refractivity contribution in [2.75, 3.05) is 11.4 Å². The molecule has 0 saturated carbocycles. The Balaban J connectivity index is 1.42. The van der Waals surface area contributed by atoms with Crippen molar-refractivity contribution in [2.45, 2.75) is 38.3 Å². The lowest BCUT2D eigenvalue weighted by Crippen LogP contribution is -2.43. The smallest absolute Gasteiger partial charge is 0.236 e. The molecule has 1 aliphatic rings. The number of aromatic nitrogens is 4. The SMILES string of the molecule is O=C(CC1CCCCN1c1ccnc(-n2ccnc2)n1)NCc1cccc(Cl)c1. The lowest BCUT2D eigenvalue weighted by atomic mass is 9.99. The maximum absolute atomic E-state index is 12.6. The van der Waals surface area contributed by atoms with Gasteiger partial charge in [0.15, 0.2) is 0 Å². The fourth-order valence-corrected chi connectivity index (χ4v) is 3.86. The number of nitrogens with one attached hydrogen (secondary N) is 1. The first kappa shape index (κ1) is 19.4. The van der Waals surface area contributed by atoms with E-state index in [0.29, 0.717) is 23.9 Å². The highest BCUT2D eigenvalue weighted by molar-refractivity contribution is 6.30. The van der Waals surface area contributed by atoms with Crippen LogP contribution < -0.4 is 10.2 Å². The Bertz CT molecular complexity index is 961. The second kappa shape index (κ2) is 9.05. The molecule has 1 atom stereocenters. The fourth-order valence-electron chi connectivity index (χ4n) is 3.65. The predicted octanol–water partition coefficient (Wildman–Crippen LogP) is 3.38. The second-order valence-electron chi connectivity index (χ2n) is 7.14. The number of carbonyl (C=O) groups excluding carboxylic acids is 1. The van der Waals surface area contributed by atoms with Gasteiger partial charge in [-0.15, -0.1) is 0 Å². The maximum Gasteiger partial charge on any atom is 0.236 e. The van der Waals surface area contributed by atoms with E-state index < -0.39 is 0 Å². The Morgan fingerprint density at radius 1 is 1.24 bits per heavy atom. The van der Waals surface area contributed by atoms with Gasteiger partial charge in [0.1, 0.15) is 12.1 Å². The quantitative estimate of drug-likeness (QED) is 0.674. The number of carbonyl (C=O) groups is 1. The molecule has 4 rings (SSSR count). The van der Waals surface area contributed by atoms with Crippen LogP contribution >= 0.6 is 11.6 Å². The van der Waals surface area contributed by atoms with Crippen molar-refractivity contribution in [3.8, 4) is 5.95 Å². The number of piperidine rings is 1. The van der Waals surface area contributed by atoms with Gasteiger partial charge >= 0.3 is 0 Å². The van der Waals surface area contributed by atoms with Crippen LogP contribution in [0.25, 0.3) is 5.95 Å². The molecule has 8 heteroatoms. The van der Waals surface area contributed by atoms with Gasteiger partial charge in [-0.05, 0) is 43.0 Å². The lowest BCUT2D eigenvalue weighted by Gasteiger charge is -2.36. The molecule has 1 fully saturated rings. The summed E-state index contributed by atoms with van der Waals surface area (Å²) in [4.78, 5) is 27.9. The zero-order chi connectivity index (χ0) is 20.1. The fraction of sp³-hybridized carbons (Fsp3) is 0.333. The minimum Gasteiger partial charge on any atom is -0.353 e. The Kier molecular flexibility index (Phi) is 6.05. The molecule has 3 heterocycles. The van der Waals surface area contributed by atoms with Crippen molar-refractivity contribution < 1.29 is 4.79 Å². The van der Waals surface area contributed by atoms with Crippen molar-refractivity contribution in [2.24, 2.45) is 0 Å². The number of hydrogen-bond acceptors (Lipinski definition) is 5. The van der Waals surface area contributed by atoms with Crippen molar-refractivity contribution in [1.29, 1.82) is 0 Å². The van der Waals surface area contributed by atoms with E-state index in [2.05, 4.69) is 20.2 Å². The van der Waals surface area contributed by atoms with Gasteiger partial charge in [-0.25, -0.2) is 9.97 Å². The van der Waals surface area contributed by atoms with E-state index in [1.54, 1.807) is 23.3 Å². The molecule has 0 aliphatic carbocycles. The van der Waals surface area contributed by atoms with E-state index in [1.165, 1.54) is 0 Å². The molecule has 0 bridgehead atoms. The minimum atomic E-state index is 0.0331. The Labute approximate surface area is 174 Å². The number of rotatable bonds is 6. The van der Waals surface area contributed by atoms with E-state index >= 15 is 0 Å². The van der Waals surface area contributed by atoms with Crippen LogP contribution in [-0.2, 0) is 11.3 Å². The van der Waals surface area contributed by atoms with Crippen molar-refractivity contribution in [3.05, 3.63) is 65.8 Å². The van der Waals surface area contributed by atoms with Gasteiger partial charge in [-0.1, -0.05) is 23.7 Å². The summed E-state index contributed by atoms with van der Waals surface area (Å²) in [5.74, 6) is 1.46. The zero-order valence-electron chi connectivity index (χ0n) is 16.0. The molecule has 150 valence electrons. The number of amides is 1. The summed E-state index contributed by atoms with van der Waals surface area (Å²) in [6.45, 7) is 1.36. The normalized spacial score (nSPS) is 16.6. The highest BCUT2D eigenvalue weighted by atomic mass is 35.5. The van der Waals surface area contributed by atoms with Gasteiger partial charge in [0.25, 0.3) is 0 Å². The minimum absolute atomic E-state index is 0.0331. The standard InChI is InChI=1S/C21H23ClN6O/c22-17-5-3-4-16(12-17)14-25-20(29)13-18-6-1-2-10-28(18)19-7-8-24-21(26-19)27-11-9-23-15-27/h3-5,7-9,11-12,15,18H,1-2,6,10,13-14H2,(H,25,29). The number of nitrogens with zero attached hydrogens (tertiary/aromatic N) is 5. The number of anilines is 1. The maximum atomic E-state index is 12.6. The highest BCUT2D eigenvalue weighted by Gasteiger charge is 2.26. The molecule has 1 aromatic carbocycles. The summed E-state index contributed by atoms with van der Waals surface area (Å²) in [5, 5.41) is 3.68. The third-order valence-corrected chi connectivity index (χ3v) is 5.32. The van der Waals surface area contributed by atoms with Crippen LogP contribution in [0, 0.1) is 0 Å². The van der Waals surface area contributed by atoms with E-state index in [0.717, 1.165) is 37.2 Å². The number of hydrogen-bond donors (Lipinski definition) is 1. The Morgan fingerprint density at radius 3 is 3.00 bits per heavy atom. The average Bonchev–Trinajstić information content (AvgIpc) is 3.28. The number of benzene rings is 1. The summed E-state index contributed by atoms with van der Waals surface area (Å²) in [6.07, 6.45) is 10.5. The largest absolute Gasteiger partial charge is 0.353 e. The molecule has 1 saturated heterocycles. The average molecular weight is 411 g/mol.